The number of nitrogens with zero attached hydrogens (tertiary/aromatic N) is 6. The minimum atomic E-state index is -1.66. The van der Waals surface area contributed by atoms with Crippen LogP contribution >= 0.6 is 23.3 Å². The average Bonchev–Trinajstić information content (AvgIpc) is 3.74. The van der Waals surface area contributed by atoms with Crippen LogP contribution in [0.5, 0.6) is 5.75 Å². The van der Waals surface area contributed by atoms with Gasteiger partial charge in [-0.05, 0) is 73.1 Å². The zero-order chi connectivity index (χ0) is 47.3. The topological polar surface area (TPSA) is 310 Å². The number of aromatic nitrogens is 4. The summed E-state index contributed by atoms with van der Waals surface area (Å²) in [5.41, 5.74) is 9.68. The van der Waals surface area contributed by atoms with Crippen LogP contribution in [0.1, 0.15) is 66.8 Å². The molecule has 23 nitrogen and oxygen atoms in total. The molecule has 4 heterocycles. The fourth-order valence-electron chi connectivity index (χ4n) is 5.80. The highest BCUT2D eigenvalue weighted by atomic mass is 32.2. The van der Waals surface area contributed by atoms with Gasteiger partial charge < -0.3 is 51.6 Å². The SMILES string of the molecule is Cn1c(N)c(NC(=O)NCCNC(=O)OC(C)(C)C)c[n+]1CC1=C(C(=O)OCc2ccc(O)cc2)N2C(=O)[C@@H](NC(=O)/C(=N/OC(C)(C)C(=O)OC(C)(C)C)c3nsc(N)n3)[C@H]2SC1. The molecule has 0 unspecified atom stereocenters. The molecule has 0 spiro atoms. The van der Waals surface area contributed by atoms with Crippen molar-refractivity contribution in [2.75, 3.05) is 35.6 Å². The first-order chi connectivity index (χ1) is 29.8. The number of oxime groups is 1. The molecule has 5 amide bonds. The quantitative estimate of drug-likeness (QED) is 0.0217. The molecule has 3 aromatic rings. The number of fused-ring (bicyclic) bond motifs is 1. The van der Waals surface area contributed by atoms with Crippen LogP contribution in [0.15, 0.2) is 46.9 Å². The van der Waals surface area contributed by atoms with Gasteiger partial charge in [0.05, 0.1) is 7.05 Å². The van der Waals surface area contributed by atoms with Crippen molar-refractivity contribution in [3.63, 3.8) is 0 Å². The maximum Gasteiger partial charge on any atom is 0.407 e. The van der Waals surface area contributed by atoms with Crippen LogP contribution < -0.4 is 37.4 Å². The van der Waals surface area contributed by atoms with Gasteiger partial charge in [-0.2, -0.15) is 9.36 Å². The first-order valence-electron chi connectivity index (χ1n) is 19.7. The van der Waals surface area contributed by atoms with Crippen molar-refractivity contribution >= 4 is 81.5 Å². The number of nitrogens with two attached hydrogens (primary N) is 2. The number of thioether (sulfide) groups is 1. The summed E-state index contributed by atoms with van der Waals surface area (Å²) < 4.78 is 23.5. The number of phenols is 1. The molecule has 1 fully saturated rings. The van der Waals surface area contributed by atoms with E-state index in [0.29, 0.717) is 11.1 Å². The Morgan fingerprint density at radius 2 is 1.64 bits per heavy atom. The van der Waals surface area contributed by atoms with E-state index in [1.165, 1.54) is 47.3 Å². The molecule has 5 rings (SSSR count). The maximum absolute atomic E-state index is 14.0. The number of hydrogen-bond donors (Lipinski definition) is 7. The van der Waals surface area contributed by atoms with Gasteiger partial charge in [-0.15, -0.1) is 21.1 Å². The normalized spacial score (nSPS) is 16.5. The van der Waals surface area contributed by atoms with E-state index in [1.807, 2.05) is 0 Å². The highest BCUT2D eigenvalue weighted by molar-refractivity contribution is 8.00. The molecule has 25 heteroatoms. The summed E-state index contributed by atoms with van der Waals surface area (Å²) in [5, 5.41) is 23.4. The lowest BCUT2D eigenvalue weighted by molar-refractivity contribution is -0.765. The number of amides is 5. The highest BCUT2D eigenvalue weighted by Crippen LogP contribution is 2.41. The molecule has 0 aliphatic carbocycles. The minimum absolute atomic E-state index is 0.00642. The van der Waals surface area contributed by atoms with Gasteiger partial charge in [-0.25, -0.2) is 19.2 Å². The van der Waals surface area contributed by atoms with Crippen LogP contribution in [0.25, 0.3) is 0 Å². The van der Waals surface area contributed by atoms with Crippen molar-refractivity contribution in [2.45, 2.75) is 96.8 Å². The smallest absolute Gasteiger partial charge is 0.407 e. The molecule has 64 heavy (non-hydrogen) atoms. The van der Waals surface area contributed by atoms with Crippen molar-refractivity contribution in [3.05, 3.63) is 53.1 Å². The number of alkyl carbamates (subject to hydrolysis) is 1. The molecule has 1 saturated heterocycles. The van der Waals surface area contributed by atoms with Gasteiger partial charge in [0.25, 0.3) is 11.8 Å². The predicted molar refractivity (Wildman–Crippen MR) is 233 cm³/mol. The zero-order valence-corrected chi connectivity index (χ0v) is 38.4. The number of carbonyl (C=O) groups is 6. The molecular weight excluding hydrogens is 877 g/mol. The van der Waals surface area contributed by atoms with Crippen molar-refractivity contribution in [1.29, 1.82) is 0 Å². The van der Waals surface area contributed by atoms with Crippen molar-refractivity contribution in [1.82, 2.24) is 34.9 Å². The summed E-state index contributed by atoms with van der Waals surface area (Å²) in [6.07, 6.45) is 0.916. The van der Waals surface area contributed by atoms with Crippen molar-refractivity contribution in [2.24, 2.45) is 12.2 Å². The molecule has 2 atom stereocenters. The van der Waals surface area contributed by atoms with E-state index in [0.717, 1.165) is 11.5 Å². The van der Waals surface area contributed by atoms with Crippen LogP contribution in [-0.4, -0.2) is 113 Å². The van der Waals surface area contributed by atoms with Crippen LogP contribution in [-0.2, 0) is 58.4 Å². The minimum Gasteiger partial charge on any atom is -0.508 e. The molecule has 2 aliphatic heterocycles. The molecule has 2 aliphatic rings. The molecule has 0 radical (unpaired) electrons. The Morgan fingerprint density at radius 3 is 2.27 bits per heavy atom. The largest absolute Gasteiger partial charge is 0.508 e. The summed E-state index contributed by atoms with van der Waals surface area (Å²) in [4.78, 5) is 90.2. The number of ether oxygens (including phenoxy) is 3. The first kappa shape index (κ1) is 48.4. The van der Waals surface area contributed by atoms with E-state index in [4.69, 9.17) is 30.5 Å². The second kappa shape index (κ2) is 19.4. The monoisotopic (exact) mass is 929 g/mol. The van der Waals surface area contributed by atoms with E-state index in [-0.39, 0.29) is 65.9 Å². The third kappa shape index (κ3) is 12.3. The number of rotatable bonds is 15. The van der Waals surface area contributed by atoms with Gasteiger partial charge >= 0.3 is 24.1 Å². The summed E-state index contributed by atoms with van der Waals surface area (Å²) in [5.74, 6) is -3.05. The molecular formula is C39H53N12O11S2+. The molecule has 9 N–H and O–H groups in total. The molecule has 0 saturated carbocycles. The van der Waals surface area contributed by atoms with E-state index < -0.39 is 69.8 Å². The van der Waals surface area contributed by atoms with E-state index in [1.54, 1.807) is 71.6 Å². The molecule has 2 aromatic heterocycles. The van der Waals surface area contributed by atoms with Gasteiger partial charge in [0.2, 0.25) is 23.3 Å². The third-order valence-corrected chi connectivity index (χ3v) is 10.8. The third-order valence-electron chi connectivity index (χ3n) is 8.93. The van der Waals surface area contributed by atoms with Gasteiger partial charge in [0.1, 0.15) is 40.7 Å². The van der Waals surface area contributed by atoms with Crippen LogP contribution in [0, 0.1) is 0 Å². The van der Waals surface area contributed by atoms with Crippen LogP contribution in [0.2, 0.25) is 0 Å². The molecule has 346 valence electrons. The number of carbonyl (C=O) groups excluding carboxylic acids is 6. The number of hydrogen-bond acceptors (Lipinski definition) is 18. The fraction of sp³-hybridized carbons (Fsp3) is 0.487. The Labute approximate surface area is 376 Å². The van der Waals surface area contributed by atoms with Crippen molar-refractivity contribution < 1.29 is 57.6 Å². The van der Waals surface area contributed by atoms with Gasteiger partial charge in [0, 0.05) is 35.9 Å². The standard InChI is InChI=1S/C39H52N12O11S2/c1-37(2,3)60-33(56)39(7,8)62-47-24(28-46-34(41)64-48-28)29(53)45-25-30(54)51-26(32(55)59-18-20-10-12-22(52)13-11-20)21(19-63-31(25)51)16-50-17-23(27(40)49(50)9)44-35(57)42-14-15-43-36(58)61-38(4,5)6/h10-13,17,25,31,40H,14-16,18-19H2,1-9H3,(H7,41,42,43,44,45,46,48,52,53,57,58)/p+1/b47-24+/t25-,31-/m1/s1. The number of urea groups is 1. The fourth-order valence-corrected chi connectivity index (χ4v) is 7.57. The number of nitrogen functional groups attached to an aromatic ring is 2. The van der Waals surface area contributed by atoms with E-state index in [9.17, 15) is 33.9 Å². The van der Waals surface area contributed by atoms with Gasteiger partial charge in [0.15, 0.2) is 23.2 Å². The number of phenolic OH excluding ortho intramolecular Hbond substituents is 1. The Hall–Kier alpha value is -6.63. The van der Waals surface area contributed by atoms with Crippen LogP contribution in [0.3, 0.4) is 0 Å². The maximum atomic E-state index is 14.0. The van der Waals surface area contributed by atoms with Crippen LogP contribution in [0.4, 0.5) is 26.2 Å². The predicted octanol–water partition coefficient (Wildman–Crippen LogP) is 1.62. The summed E-state index contributed by atoms with van der Waals surface area (Å²) in [6.45, 7) is 13.0. The second-order valence-electron chi connectivity index (χ2n) is 16.9. The van der Waals surface area contributed by atoms with Gasteiger partial charge in [-0.3, -0.25) is 19.8 Å². The van der Waals surface area contributed by atoms with E-state index in [2.05, 4.69) is 35.8 Å². The van der Waals surface area contributed by atoms with Gasteiger partial charge in [-0.1, -0.05) is 17.3 Å². The Balaban J connectivity index is 1.35. The number of anilines is 3. The average molecular weight is 930 g/mol. The van der Waals surface area contributed by atoms with Crippen molar-refractivity contribution in [3.8, 4) is 5.75 Å². The summed E-state index contributed by atoms with van der Waals surface area (Å²) >= 11 is 2.04. The first-order valence-corrected chi connectivity index (χ1v) is 21.5. The number of β-lactam (4-membered cyclic amide) rings is 1. The lowest BCUT2D eigenvalue weighted by Gasteiger charge is -2.49. The highest BCUT2D eigenvalue weighted by Gasteiger charge is 2.55. The lowest BCUT2D eigenvalue weighted by atomic mass is 10.0. The Kier molecular flexibility index (Phi) is 14.7. The number of aromatic hydroxyl groups is 1. The summed E-state index contributed by atoms with van der Waals surface area (Å²) in [7, 11) is 1.63. The molecule has 0 bridgehead atoms. The summed E-state index contributed by atoms with van der Waals surface area (Å²) in [6, 6.07) is 4.24. The number of nitrogens with one attached hydrogen (secondary N) is 4. The number of esters is 2. The second-order valence-corrected chi connectivity index (χ2v) is 18.8. The Bertz CT molecular complexity index is 2350. The lowest BCUT2D eigenvalue weighted by Crippen LogP contribution is -2.71. The zero-order valence-electron chi connectivity index (χ0n) is 36.8. The number of benzene rings is 1. The van der Waals surface area contributed by atoms with E-state index >= 15 is 0 Å². The molecule has 1 aromatic carbocycles. The Morgan fingerprint density at radius 1 is 0.984 bits per heavy atom.